The lowest BCUT2D eigenvalue weighted by Crippen LogP contribution is -2.21. The normalized spacial score (nSPS) is 16.8. The smallest absolute Gasteiger partial charge is 0.273 e. The number of carbonyl (C=O) groups is 1. The average molecular weight is 229 g/mol. The van der Waals surface area contributed by atoms with Gasteiger partial charge < -0.3 is 5.32 Å². The molecule has 1 aromatic rings. The lowest BCUT2D eigenvalue weighted by Gasteiger charge is -1.96. The van der Waals surface area contributed by atoms with Crippen molar-refractivity contribution in [3.05, 3.63) is 41.1 Å². The Kier molecular flexibility index (Phi) is 2.66. The van der Waals surface area contributed by atoms with E-state index in [4.69, 9.17) is 17.5 Å². The molecule has 2 N–H and O–H groups in total. The predicted molar refractivity (Wildman–Crippen MR) is 63.0 cm³/mol. The number of thiocarbonyl (C=S) groups is 1. The fourth-order valence-electron chi connectivity index (χ4n) is 1.30. The monoisotopic (exact) mass is 229 g/mol. The first-order valence-corrected chi connectivity index (χ1v) is 4.94. The number of benzene rings is 1. The van der Waals surface area contributed by atoms with Gasteiger partial charge in [-0.2, -0.15) is 5.26 Å². The third-order valence-corrected chi connectivity index (χ3v) is 2.27. The molecule has 4 nitrogen and oxygen atoms in total. The average Bonchev–Trinajstić information content (AvgIpc) is 2.59. The van der Waals surface area contributed by atoms with Crippen LogP contribution >= 0.6 is 12.2 Å². The second-order valence-corrected chi connectivity index (χ2v) is 3.61. The van der Waals surface area contributed by atoms with E-state index in [1.807, 2.05) is 6.07 Å². The van der Waals surface area contributed by atoms with Crippen LogP contribution < -0.4 is 10.6 Å². The van der Waals surface area contributed by atoms with E-state index >= 15 is 0 Å². The third-order valence-electron chi connectivity index (χ3n) is 2.07. The highest BCUT2D eigenvalue weighted by Crippen LogP contribution is 2.09. The van der Waals surface area contributed by atoms with Crippen LogP contribution in [-0.4, -0.2) is 11.0 Å². The van der Waals surface area contributed by atoms with Crippen molar-refractivity contribution in [1.82, 2.24) is 10.6 Å². The van der Waals surface area contributed by atoms with Crippen LogP contribution in [0, 0.1) is 11.3 Å². The van der Waals surface area contributed by atoms with Crippen molar-refractivity contribution in [2.45, 2.75) is 0 Å². The third kappa shape index (κ3) is 2.07. The zero-order chi connectivity index (χ0) is 11.5. The zero-order valence-corrected chi connectivity index (χ0v) is 8.97. The van der Waals surface area contributed by atoms with E-state index in [1.54, 1.807) is 30.3 Å². The number of nitrogens with zero attached hydrogens (tertiary/aromatic N) is 1. The van der Waals surface area contributed by atoms with Crippen molar-refractivity contribution < 1.29 is 4.79 Å². The van der Waals surface area contributed by atoms with Crippen LogP contribution in [0.2, 0.25) is 0 Å². The molecule has 5 heteroatoms. The summed E-state index contributed by atoms with van der Waals surface area (Å²) < 4.78 is 0. The summed E-state index contributed by atoms with van der Waals surface area (Å²) in [7, 11) is 0. The van der Waals surface area contributed by atoms with Gasteiger partial charge in [-0.15, -0.1) is 0 Å². The molecule has 0 spiro atoms. The van der Waals surface area contributed by atoms with Crippen molar-refractivity contribution >= 4 is 29.3 Å². The number of amides is 1. The standard InChI is InChI=1S/C11H7N3OS/c12-6-8-3-1-7(2-4-8)5-9-10(15)14-11(16)13-9/h1-5H,(H2,13,14,15,16)/b9-5-. The molecule has 0 radical (unpaired) electrons. The largest absolute Gasteiger partial charge is 0.328 e. The molecule has 0 bridgehead atoms. The van der Waals surface area contributed by atoms with Crippen molar-refractivity contribution in [3.8, 4) is 6.07 Å². The topological polar surface area (TPSA) is 64.9 Å². The molecule has 1 aromatic carbocycles. The summed E-state index contributed by atoms with van der Waals surface area (Å²) in [5, 5.41) is 14.2. The molecule has 16 heavy (non-hydrogen) atoms. The van der Waals surface area contributed by atoms with Crippen LogP contribution in [0.1, 0.15) is 11.1 Å². The van der Waals surface area contributed by atoms with Gasteiger partial charge in [-0.05, 0) is 36.0 Å². The fraction of sp³-hybridized carbons (Fsp3) is 0. The lowest BCUT2D eigenvalue weighted by molar-refractivity contribution is -0.115. The van der Waals surface area contributed by atoms with Gasteiger partial charge in [0.05, 0.1) is 11.6 Å². The van der Waals surface area contributed by atoms with Gasteiger partial charge in [0.2, 0.25) is 0 Å². The van der Waals surface area contributed by atoms with Crippen LogP contribution in [0.15, 0.2) is 30.0 Å². The van der Waals surface area contributed by atoms with E-state index in [9.17, 15) is 4.79 Å². The number of hydrogen-bond donors (Lipinski definition) is 2. The lowest BCUT2D eigenvalue weighted by atomic mass is 10.1. The Morgan fingerprint density at radius 1 is 1.25 bits per heavy atom. The van der Waals surface area contributed by atoms with Gasteiger partial charge in [0.25, 0.3) is 5.91 Å². The van der Waals surface area contributed by atoms with Crippen molar-refractivity contribution in [3.63, 3.8) is 0 Å². The summed E-state index contributed by atoms with van der Waals surface area (Å²) in [6.07, 6.45) is 1.68. The zero-order valence-electron chi connectivity index (χ0n) is 8.15. The molecule has 0 atom stereocenters. The molecule has 1 aliphatic heterocycles. The van der Waals surface area contributed by atoms with E-state index < -0.39 is 0 Å². The van der Waals surface area contributed by atoms with E-state index in [0.29, 0.717) is 16.4 Å². The molecule has 0 saturated carbocycles. The Morgan fingerprint density at radius 2 is 1.94 bits per heavy atom. The minimum absolute atomic E-state index is 0.241. The van der Waals surface area contributed by atoms with Crippen molar-refractivity contribution in [2.75, 3.05) is 0 Å². The van der Waals surface area contributed by atoms with Gasteiger partial charge in [0.1, 0.15) is 5.70 Å². The summed E-state index contributed by atoms with van der Waals surface area (Å²) in [5.41, 5.74) is 1.83. The molecular weight excluding hydrogens is 222 g/mol. The van der Waals surface area contributed by atoms with Crippen molar-refractivity contribution in [2.24, 2.45) is 0 Å². The first kappa shape index (κ1) is 10.3. The van der Waals surface area contributed by atoms with E-state index in [-0.39, 0.29) is 5.91 Å². The Balaban J connectivity index is 2.26. The Hall–Kier alpha value is -2.19. The van der Waals surface area contributed by atoms with Crippen LogP contribution in [-0.2, 0) is 4.79 Å². The Morgan fingerprint density at radius 3 is 2.44 bits per heavy atom. The molecule has 1 saturated heterocycles. The summed E-state index contributed by atoms with van der Waals surface area (Å²) in [6, 6.07) is 8.94. The maximum atomic E-state index is 11.3. The molecule has 0 unspecified atom stereocenters. The van der Waals surface area contributed by atoms with Gasteiger partial charge in [-0.1, -0.05) is 12.1 Å². The van der Waals surface area contributed by atoms with E-state index in [2.05, 4.69) is 10.6 Å². The molecule has 1 heterocycles. The highest BCUT2D eigenvalue weighted by Gasteiger charge is 2.19. The SMILES string of the molecule is N#Cc1ccc(/C=C2\NC(=S)NC2=O)cc1. The number of hydrogen-bond acceptors (Lipinski definition) is 3. The van der Waals surface area contributed by atoms with Gasteiger partial charge in [-0.25, -0.2) is 0 Å². The fourth-order valence-corrected chi connectivity index (χ4v) is 1.51. The summed E-state index contributed by atoms with van der Waals surface area (Å²) >= 11 is 4.80. The van der Waals surface area contributed by atoms with Crippen LogP contribution in [0.3, 0.4) is 0 Å². The minimum atomic E-state index is -0.241. The highest BCUT2D eigenvalue weighted by atomic mass is 32.1. The van der Waals surface area contributed by atoms with Crippen LogP contribution in [0.5, 0.6) is 0 Å². The number of carbonyl (C=O) groups excluding carboxylic acids is 1. The Bertz CT molecular complexity index is 525. The van der Waals surface area contributed by atoms with Crippen LogP contribution in [0.25, 0.3) is 6.08 Å². The second kappa shape index (κ2) is 4.13. The quantitative estimate of drug-likeness (QED) is 0.555. The molecule has 78 valence electrons. The second-order valence-electron chi connectivity index (χ2n) is 3.20. The molecule has 0 aromatic heterocycles. The minimum Gasteiger partial charge on any atom is -0.328 e. The molecule has 1 fully saturated rings. The molecule has 1 amide bonds. The maximum absolute atomic E-state index is 11.3. The highest BCUT2D eigenvalue weighted by molar-refractivity contribution is 7.80. The number of nitriles is 1. The van der Waals surface area contributed by atoms with Gasteiger partial charge >= 0.3 is 0 Å². The summed E-state index contributed by atoms with van der Waals surface area (Å²) in [6.45, 7) is 0. The molecule has 2 rings (SSSR count). The van der Waals surface area contributed by atoms with Crippen LogP contribution in [0.4, 0.5) is 0 Å². The van der Waals surface area contributed by atoms with Gasteiger partial charge in [-0.3, -0.25) is 10.1 Å². The molecular formula is C11H7N3OS. The number of nitrogens with one attached hydrogen (secondary N) is 2. The molecule has 0 aliphatic carbocycles. The van der Waals surface area contributed by atoms with Gasteiger partial charge in [0.15, 0.2) is 5.11 Å². The first-order chi connectivity index (χ1) is 7.69. The Labute approximate surface area is 97.6 Å². The van der Waals surface area contributed by atoms with Gasteiger partial charge in [0, 0.05) is 0 Å². The summed E-state index contributed by atoms with van der Waals surface area (Å²) in [5.74, 6) is -0.241. The van der Waals surface area contributed by atoms with Crippen molar-refractivity contribution in [1.29, 1.82) is 5.26 Å². The predicted octanol–water partition coefficient (Wildman–Crippen LogP) is 0.903. The first-order valence-electron chi connectivity index (χ1n) is 4.53. The molecule has 1 aliphatic rings. The van der Waals surface area contributed by atoms with E-state index in [1.165, 1.54) is 0 Å². The number of rotatable bonds is 1. The van der Waals surface area contributed by atoms with E-state index in [0.717, 1.165) is 5.56 Å². The summed E-state index contributed by atoms with van der Waals surface area (Å²) in [4.78, 5) is 11.3. The maximum Gasteiger partial charge on any atom is 0.273 e.